The van der Waals surface area contributed by atoms with Crippen LogP contribution < -0.4 is 14.5 Å². The van der Waals surface area contributed by atoms with E-state index in [0.717, 1.165) is 9.87 Å². The van der Waals surface area contributed by atoms with Gasteiger partial charge in [-0.05, 0) is 66.2 Å². The zero-order chi connectivity index (χ0) is 22.3. The highest BCUT2D eigenvalue weighted by atomic mass is 35.5. The van der Waals surface area contributed by atoms with Gasteiger partial charge in [-0.25, -0.2) is 13.8 Å². The number of amides is 1. The van der Waals surface area contributed by atoms with Crippen molar-refractivity contribution in [2.24, 2.45) is 5.10 Å². The number of hydrogen-bond acceptors (Lipinski definition) is 5. The average molecular weight is 458 g/mol. The molecule has 3 aromatic carbocycles. The number of carbonyl (C=O) groups excluding carboxylic acids is 1. The summed E-state index contributed by atoms with van der Waals surface area (Å²) in [5.74, 6) is 0.109. The van der Waals surface area contributed by atoms with E-state index in [1.54, 1.807) is 61.7 Å². The summed E-state index contributed by atoms with van der Waals surface area (Å²) in [4.78, 5) is 12.5. The minimum Gasteiger partial charge on any atom is -0.497 e. The summed E-state index contributed by atoms with van der Waals surface area (Å²) in [5.41, 5.74) is 3.46. The van der Waals surface area contributed by atoms with Gasteiger partial charge >= 0.3 is 0 Å². The van der Waals surface area contributed by atoms with Crippen LogP contribution in [0.3, 0.4) is 0 Å². The minimum absolute atomic E-state index is 0.0234. The Morgan fingerprint density at radius 1 is 1.03 bits per heavy atom. The van der Waals surface area contributed by atoms with E-state index >= 15 is 0 Å². The number of benzene rings is 3. The molecular weight excluding hydrogens is 438 g/mol. The molecule has 7 nitrogen and oxygen atoms in total. The lowest BCUT2D eigenvalue weighted by Gasteiger charge is -2.23. The molecule has 0 fully saturated rings. The van der Waals surface area contributed by atoms with E-state index in [0.29, 0.717) is 16.5 Å². The number of carbonyl (C=O) groups is 1. The molecule has 0 spiro atoms. The van der Waals surface area contributed by atoms with E-state index in [1.165, 1.54) is 30.5 Å². The Labute approximate surface area is 186 Å². The Kier molecular flexibility index (Phi) is 7.28. The lowest BCUT2D eigenvalue weighted by molar-refractivity contribution is -0.119. The number of nitrogens with one attached hydrogen (secondary N) is 1. The Balaban J connectivity index is 1.77. The number of halogens is 1. The zero-order valence-corrected chi connectivity index (χ0v) is 18.2. The van der Waals surface area contributed by atoms with Crippen LogP contribution in [0.5, 0.6) is 5.75 Å². The molecule has 31 heavy (non-hydrogen) atoms. The second kappa shape index (κ2) is 10.1. The van der Waals surface area contributed by atoms with Gasteiger partial charge in [0.05, 0.1) is 23.9 Å². The van der Waals surface area contributed by atoms with Crippen molar-refractivity contribution in [1.29, 1.82) is 0 Å². The number of anilines is 1. The molecule has 9 heteroatoms. The average Bonchev–Trinajstić information content (AvgIpc) is 2.78. The highest BCUT2D eigenvalue weighted by Gasteiger charge is 2.27. The van der Waals surface area contributed by atoms with Crippen LogP contribution in [0.25, 0.3) is 0 Å². The van der Waals surface area contributed by atoms with Crippen molar-refractivity contribution in [2.75, 3.05) is 18.0 Å². The summed E-state index contributed by atoms with van der Waals surface area (Å²) in [5, 5.41) is 4.32. The van der Waals surface area contributed by atoms with Gasteiger partial charge in [-0.15, -0.1) is 0 Å². The summed E-state index contributed by atoms with van der Waals surface area (Å²) in [6.07, 6.45) is 1.46. The molecule has 0 atom stereocenters. The molecule has 3 rings (SSSR count). The van der Waals surface area contributed by atoms with Crippen molar-refractivity contribution in [1.82, 2.24) is 5.43 Å². The summed E-state index contributed by atoms with van der Waals surface area (Å²) in [6, 6.07) is 21.2. The standard InChI is InChI=1S/C22H20ClN3O4S/c1-30-20-11-7-17(8-12-20)15-24-25-22(27)16-26(19-5-3-2-4-6-19)31(28,29)21-13-9-18(23)10-14-21/h2-15H,16H2,1H3,(H,25,27)/b24-15-. The number of nitrogens with zero attached hydrogens (tertiary/aromatic N) is 2. The van der Waals surface area contributed by atoms with Gasteiger partial charge in [-0.2, -0.15) is 5.10 Å². The molecule has 0 heterocycles. The second-order valence-corrected chi connectivity index (χ2v) is 8.67. The third-order valence-corrected chi connectivity index (χ3v) is 6.29. The molecule has 0 aromatic heterocycles. The SMILES string of the molecule is COc1ccc(/C=N\NC(=O)CN(c2ccccc2)S(=O)(=O)c2ccc(Cl)cc2)cc1. The van der Waals surface area contributed by atoms with E-state index in [-0.39, 0.29) is 4.90 Å². The second-order valence-electron chi connectivity index (χ2n) is 6.37. The molecule has 3 aromatic rings. The van der Waals surface area contributed by atoms with E-state index in [4.69, 9.17) is 16.3 Å². The van der Waals surface area contributed by atoms with Gasteiger partial charge < -0.3 is 4.74 Å². The zero-order valence-electron chi connectivity index (χ0n) is 16.6. The van der Waals surface area contributed by atoms with Gasteiger partial charge in [-0.1, -0.05) is 29.8 Å². The van der Waals surface area contributed by atoms with Crippen LogP contribution in [0, 0.1) is 0 Å². The molecule has 0 aliphatic carbocycles. The van der Waals surface area contributed by atoms with Crippen LogP contribution >= 0.6 is 11.6 Å². The van der Waals surface area contributed by atoms with Gasteiger partial charge in [-0.3, -0.25) is 9.10 Å². The molecule has 160 valence electrons. The predicted molar refractivity (Wildman–Crippen MR) is 121 cm³/mol. The minimum atomic E-state index is -4.00. The molecule has 0 aliphatic heterocycles. The van der Waals surface area contributed by atoms with Crippen molar-refractivity contribution in [3.63, 3.8) is 0 Å². The molecular formula is C22H20ClN3O4S. The van der Waals surface area contributed by atoms with E-state index in [1.807, 2.05) is 0 Å². The summed E-state index contributed by atoms with van der Waals surface area (Å²) in [7, 11) is -2.43. The van der Waals surface area contributed by atoms with Crippen LogP contribution in [-0.2, 0) is 14.8 Å². The van der Waals surface area contributed by atoms with E-state index in [9.17, 15) is 13.2 Å². The van der Waals surface area contributed by atoms with Crippen LogP contribution in [0.4, 0.5) is 5.69 Å². The van der Waals surface area contributed by atoms with Crippen molar-refractivity contribution >= 4 is 39.4 Å². The quantitative estimate of drug-likeness (QED) is 0.412. The molecule has 1 amide bonds. The maximum Gasteiger partial charge on any atom is 0.264 e. The third kappa shape index (κ3) is 5.84. The van der Waals surface area contributed by atoms with Crippen LogP contribution in [0.1, 0.15) is 5.56 Å². The highest BCUT2D eigenvalue weighted by molar-refractivity contribution is 7.92. The predicted octanol–water partition coefficient (Wildman–Crippen LogP) is 3.69. The van der Waals surface area contributed by atoms with Gasteiger partial charge in [0.25, 0.3) is 15.9 Å². The number of ether oxygens (including phenoxy) is 1. The van der Waals surface area contributed by atoms with Crippen LogP contribution in [0.2, 0.25) is 5.02 Å². The van der Waals surface area contributed by atoms with E-state index in [2.05, 4.69) is 10.5 Å². The first-order valence-corrected chi connectivity index (χ1v) is 11.0. The summed E-state index contributed by atoms with van der Waals surface area (Å²) < 4.78 is 32.5. The maximum absolute atomic E-state index is 13.2. The van der Waals surface area contributed by atoms with Crippen LogP contribution in [-0.4, -0.2) is 34.2 Å². The molecule has 0 bridgehead atoms. The van der Waals surface area contributed by atoms with Crippen molar-refractivity contribution in [3.8, 4) is 5.75 Å². The summed E-state index contributed by atoms with van der Waals surface area (Å²) in [6.45, 7) is -0.449. The molecule has 0 saturated heterocycles. The number of hydrazone groups is 1. The van der Waals surface area contributed by atoms with Gasteiger partial charge in [0, 0.05) is 5.02 Å². The normalized spacial score (nSPS) is 11.3. The Morgan fingerprint density at radius 2 is 1.68 bits per heavy atom. The number of sulfonamides is 1. The number of hydrogen-bond donors (Lipinski definition) is 1. The Hall–Kier alpha value is -3.36. The smallest absolute Gasteiger partial charge is 0.264 e. The fourth-order valence-corrected chi connectivity index (χ4v) is 4.22. The first kappa shape index (κ1) is 22.3. The Bertz CT molecular complexity index is 1150. The maximum atomic E-state index is 13.2. The van der Waals surface area contributed by atoms with Crippen molar-refractivity contribution in [3.05, 3.63) is 89.4 Å². The first-order valence-electron chi connectivity index (χ1n) is 9.19. The molecule has 0 radical (unpaired) electrons. The summed E-state index contributed by atoms with van der Waals surface area (Å²) >= 11 is 5.87. The van der Waals surface area contributed by atoms with Gasteiger partial charge in [0.15, 0.2) is 0 Å². The monoisotopic (exact) mass is 457 g/mol. The molecule has 0 saturated carbocycles. The molecule has 0 unspecified atom stereocenters. The fourth-order valence-electron chi connectivity index (χ4n) is 2.68. The van der Waals surface area contributed by atoms with Crippen LogP contribution in [0.15, 0.2) is 88.9 Å². The number of methoxy groups -OCH3 is 1. The molecule has 0 aliphatic rings. The van der Waals surface area contributed by atoms with Gasteiger partial charge in [0.2, 0.25) is 0 Å². The van der Waals surface area contributed by atoms with Crippen molar-refractivity contribution in [2.45, 2.75) is 4.90 Å². The fraction of sp³-hybridized carbons (Fsp3) is 0.0909. The lowest BCUT2D eigenvalue weighted by Crippen LogP contribution is -2.39. The Morgan fingerprint density at radius 3 is 2.29 bits per heavy atom. The lowest BCUT2D eigenvalue weighted by atomic mass is 10.2. The first-order chi connectivity index (χ1) is 14.9. The largest absolute Gasteiger partial charge is 0.497 e. The van der Waals surface area contributed by atoms with E-state index < -0.39 is 22.5 Å². The topological polar surface area (TPSA) is 88.1 Å². The highest BCUT2D eigenvalue weighted by Crippen LogP contribution is 2.24. The van der Waals surface area contributed by atoms with Crippen molar-refractivity contribution < 1.29 is 17.9 Å². The third-order valence-electron chi connectivity index (χ3n) is 4.25. The molecule has 1 N–H and O–H groups in total. The number of para-hydroxylation sites is 1. The number of rotatable bonds is 8. The van der Waals surface area contributed by atoms with Gasteiger partial charge in [0.1, 0.15) is 12.3 Å².